The van der Waals surface area contributed by atoms with Crippen molar-refractivity contribution in [3.05, 3.63) is 82.9 Å². The Morgan fingerprint density at radius 3 is 2.72 bits per heavy atom. The second-order valence-electron chi connectivity index (χ2n) is 5.44. The number of benzene rings is 2. The van der Waals surface area contributed by atoms with E-state index in [2.05, 4.69) is 10.3 Å². The van der Waals surface area contributed by atoms with E-state index >= 15 is 0 Å². The van der Waals surface area contributed by atoms with E-state index in [1.165, 1.54) is 12.3 Å². The van der Waals surface area contributed by atoms with Gasteiger partial charge in [-0.15, -0.1) is 0 Å². The van der Waals surface area contributed by atoms with Gasteiger partial charge in [-0.2, -0.15) is 0 Å². The molecule has 1 amide bonds. The average molecular weight is 357 g/mol. The highest BCUT2D eigenvalue weighted by Gasteiger charge is 2.09. The first kappa shape index (κ1) is 16.9. The van der Waals surface area contributed by atoms with E-state index in [0.29, 0.717) is 22.0 Å². The molecule has 0 unspecified atom stereocenters. The lowest BCUT2D eigenvalue weighted by atomic mass is 10.1. The standard InChI is InChI=1S/C19H14ClFN2O2/c1-12-3-2-4-13(5-12)19(24)23-16-6-14(20)7-17(9-16)25-18-8-15(21)10-22-11-18/h2-11H,1H3,(H,23,24). The molecular weight excluding hydrogens is 343 g/mol. The van der Waals surface area contributed by atoms with Crippen LogP contribution >= 0.6 is 11.6 Å². The first-order chi connectivity index (χ1) is 12.0. The van der Waals surface area contributed by atoms with Crippen LogP contribution in [0.2, 0.25) is 5.02 Å². The Labute approximate surface area is 149 Å². The Morgan fingerprint density at radius 1 is 1.12 bits per heavy atom. The number of aryl methyl sites for hydroxylation is 1. The number of halogens is 2. The molecule has 0 spiro atoms. The van der Waals surface area contributed by atoms with Gasteiger partial charge in [0.15, 0.2) is 0 Å². The van der Waals surface area contributed by atoms with Gasteiger partial charge in [0.1, 0.15) is 17.3 Å². The highest BCUT2D eigenvalue weighted by atomic mass is 35.5. The molecule has 0 aliphatic rings. The topological polar surface area (TPSA) is 51.2 Å². The van der Waals surface area contributed by atoms with Crippen molar-refractivity contribution in [2.45, 2.75) is 6.92 Å². The van der Waals surface area contributed by atoms with E-state index in [9.17, 15) is 9.18 Å². The minimum atomic E-state index is -0.507. The number of carbonyl (C=O) groups excluding carboxylic acids is 1. The minimum absolute atomic E-state index is 0.234. The largest absolute Gasteiger partial charge is 0.456 e. The normalized spacial score (nSPS) is 10.4. The van der Waals surface area contributed by atoms with Gasteiger partial charge in [-0.05, 0) is 31.2 Å². The molecule has 0 atom stereocenters. The molecule has 1 N–H and O–H groups in total. The smallest absolute Gasteiger partial charge is 0.255 e. The fourth-order valence-electron chi connectivity index (χ4n) is 2.27. The predicted molar refractivity (Wildman–Crippen MR) is 94.9 cm³/mol. The van der Waals surface area contributed by atoms with Gasteiger partial charge in [0.05, 0.1) is 12.4 Å². The van der Waals surface area contributed by atoms with E-state index in [4.69, 9.17) is 16.3 Å². The summed E-state index contributed by atoms with van der Waals surface area (Å²) in [7, 11) is 0. The van der Waals surface area contributed by atoms with Gasteiger partial charge in [-0.3, -0.25) is 9.78 Å². The molecule has 4 nitrogen and oxygen atoms in total. The molecule has 1 heterocycles. The first-order valence-corrected chi connectivity index (χ1v) is 7.84. The molecule has 25 heavy (non-hydrogen) atoms. The summed E-state index contributed by atoms with van der Waals surface area (Å²) in [4.78, 5) is 16.1. The molecule has 1 aromatic heterocycles. The zero-order chi connectivity index (χ0) is 17.8. The Kier molecular flexibility index (Phi) is 4.95. The van der Waals surface area contributed by atoms with Crippen LogP contribution < -0.4 is 10.1 Å². The van der Waals surface area contributed by atoms with E-state index in [1.54, 1.807) is 30.3 Å². The zero-order valence-corrected chi connectivity index (χ0v) is 14.0. The van der Waals surface area contributed by atoms with Gasteiger partial charge in [0.2, 0.25) is 0 Å². The molecule has 0 saturated heterocycles. The Hall–Kier alpha value is -2.92. The maximum absolute atomic E-state index is 13.2. The maximum atomic E-state index is 13.2. The maximum Gasteiger partial charge on any atom is 0.255 e. The van der Waals surface area contributed by atoms with Crippen molar-refractivity contribution in [2.24, 2.45) is 0 Å². The van der Waals surface area contributed by atoms with Crippen molar-refractivity contribution in [2.75, 3.05) is 5.32 Å². The van der Waals surface area contributed by atoms with Crippen LogP contribution in [0.15, 0.2) is 60.9 Å². The summed E-state index contributed by atoms with van der Waals surface area (Å²) in [6.07, 6.45) is 2.47. The molecule has 6 heteroatoms. The van der Waals surface area contributed by atoms with E-state index in [1.807, 2.05) is 19.1 Å². The number of ether oxygens (including phenoxy) is 1. The number of aromatic nitrogens is 1. The van der Waals surface area contributed by atoms with Gasteiger partial charge < -0.3 is 10.1 Å². The predicted octanol–water partition coefficient (Wildman–Crippen LogP) is 5.23. The summed E-state index contributed by atoms with van der Waals surface area (Å²) in [6.45, 7) is 1.91. The van der Waals surface area contributed by atoms with Gasteiger partial charge in [-0.1, -0.05) is 29.3 Å². The number of nitrogens with one attached hydrogen (secondary N) is 1. The second-order valence-corrected chi connectivity index (χ2v) is 5.88. The van der Waals surface area contributed by atoms with Crippen molar-refractivity contribution >= 4 is 23.2 Å². The lowest BCUT2D eigenvalue weighted by Gasteiger charge is -2.10. The van der Waals surface area contributed by atoms with Crippen LogP contribution in [0.25, 0.3) is 0 Å². The number of nitrogens with zero attached hydrogens (tertiary/aromatic N) is 1. The molecule has 0 aliphatic carbocycles. The fourth-order valence-corrected chi connectivity index (χ4v) is 2.49. The summed E-state index contributed by atoms with van der Waals surface area (Å²) in [5.41, 5.74) is 2.00. The monoisotopic (exact) mass is 356 g/mol. The number of carbonyl (C=O) groups is 1. The van der Waals surface area contributed by atoms with Crippen LogP contribution in [0, 0.1) is 12.7 Å². The third-order valence-corrected chi connectivity index (χ3v) is 3.54. The molecule has 3 aromatic rings. The number of hydrogen-bond acceptors (Lipinski definition) is 3. The molecule has 0 saturated carbocycles. The van der Waals surface area contributed by atoms with E-state index in [-0.39, 0.29) is 11.7 Å². The Balaban J connectivity index is 1.80. The third-order valence-electron chi connectivity index (χ3n) is 3.32. The second kappa shape index (κ2) is 7.32. The van der Waals surface area contributed by atoms with Crippen molar-refractivity contribution in [3.8, 4) is 11.5 Å². The molecule has 0 radical (unpaired) electrons. The molecule has 0 aliphatic heterocycles. The van der Waals surface area contributed by atoms with Crippen LogP contribution in [0.3, 0.4) is 0 Å². The van der Waals surface area contributed by atoms with E-state index < -0.39 is 5.82 Å². The van der Waals surface area contributed by atoms with Crippen LogP contribution in [0.1, 0.15) is 15.9 Å². The number of amides is 1. The van der Waals surface area contributed by atoms with Gasteiger partial charge >= 0.3 is 0 Å². The number of rotatable bonds is 4. The summed E-state index contributed by atoms with van der Waals surface area (Å²) >= 11 is 6.08. The lowest BCUT2D eigenvalue weighted by Crippen LogP contribution is -2.12. The molecule has 0 bridgehead atoms. The lowest BCUT2D eigenvalue weighted by molar-refractivity contribution is 0.102. The van der Waals surface area contributed by atoms with Crippen molar-refractivity contribution < 1.29 is 13.9 Å². The number of pyridine rings is 1. The van der Waals surface area contributed by atoms with Gasteiger partial charge in [-0.25, -0.2) is 4.39 Å². The molecule has 2 aromatic carbocycles. The van der Waals surface area contributed by atoms with Gasteiger partial charge in [0, 0.05) is 28.4 Å². The molecule has 0 fully saturated rings. The first-order valence-electron chi connectivity index (χ1n) is 7.46. The Morgan fingerprint density at radius 2 is 1.96 bits per heavy atom. The number of anilines is 1. The molecular formula is C19H14ClFN2O2. The highest BCUT2D eigenvalue weighted by molar-refractivity contribution is 6.31. The van der Waals surface area contributed by atoms with Crippen molar-refractivity contribution in [1.29, 1.82) is 0 Å². The van der Waals surface area contributed by atoms with Crippen LogP contribution in [0.5, 0.6) is 11.5 Å². The SMILES string of the molecule is Cc1cccc(C(=O)Nc2cc(Cl)cc(Oc3cncc(F)c3)c2)c1. The molecule has 126 valence electrons. The average Bonchev–Trinajstić information content (AvgIpc) is 2.54. The van der Waals surface area contributed by atoms with Crippen molar-refractivity contribution in [1.82, 2.24) is 4.98 Å². The quantitative estimate of drug-likeness (QED) is 0.696. The fraction of sp³-hybridized carbons (Fsp3) is 0.0526. The summed E-state index contributed by atoms with van der Waals surface area (Å²) in [5, 5.41) is 3.15. The van der Waals surface area contributed by atoms with Crippen LogP contribution in [-0.4, -0.2) is 10.9 Å². The summed E-state index contributed by atoms with van der Waals surface area (Å²) in [5.74, 6) is -0.172. The van der Waals surface area contributed by atoms with Crippen LogP contribution in [-0.2, 0) is 0 Å². The zero-order valence-electron chi connectivity index (χ0n) is 13.3. The highest BCUT2D eigenvalue weighted by Crippen LogP contribution is 2.28. The van der Waals surface area contributed by atoms with Crippen molar-refractivity contribution in [3.63, 3.8) is 0 Å². The van der Waals surface area contributed by atoms with Gasteiger partial charge in [0.25, 0.3) is 5.91 Å². The third kappa shape index (κ3) is 4.55. The van der Waals surface area contributed by atoms with Crippen LogP contribution in [0.4, 0.5) is 10.1 Å². The Bertz CT molecular complexity index is 931. The summed E-state index contributed by atoms with van der Waals surface area (Å²) < 4.78 is 18.7. The molecule has 3 rings (SSSR count). The summed E-state index contributed by atoms with van der Waals surface area (Å²) in [6, 6.07) is 13.2. The number of hydrogen-bond donors (Lipinski definition) is 1. The van der Waals surface area contributed by atoms with E-state index in [0.717, 1.165) is 11.8 Å². The minimum Gasteiger partial charge on any atom is -0.456 e.